The molecular weight excluding hydrogens is 157 g/mol. The van der Waals surface area contributed by atoms with Gasteiger partial charge >= 0.3 is 13.5 Å². The molecule has 1 atom stereocenters. The van der Waals surface area contributed by atoms with E-state index in [9.17, 15) is 4.79 Å². The molecule has 0 amide bonds. The minimum absolute atomic E-state index is 0.00951. The normalized spacial score (nSPS) is 15.8. The molecule has 0 rings (SSSR count). The topological polar surface area (TPSA) is 72.5 Å². The molecule has 5 heteroatoms. The van der Waals surface area contributed by atoms with Crippen LogP contribution in [-0.2, 0) is 9.45 Å². The molecule has 0 aliphatic carbocycles. The SMILES string of the molecule is CC(C)[C@](C)([B]OCN)C(=O)O. The van der Waals surface area contributed by atoms with E-state index in [1.165, 1.54) is 7.48 Å². The number of nitrogens with two attached hydrogens (primary N) is 1. The second-order valence-corrected chi connectivity index (χ2v) is 3.19. The van der Waals surface area contributed by atoms with Crippen molar-refractivity contribution in [2.75, 3.05) is 6.73 Å². The molecule has 0 aromatic carbocycles. The van der Waals surface area contributed by atoms with Crippen LogP contribution in [0.5, 0.6) is 0 Å². The van der Waals surface area contributed by atoms with E-state index in [1.54, 1.807) is 6.92 Å². The standard InChI is InChI=1S/C7H15BNO3/c1-5(2)7(3,6(10)11)8-12-4-9/h5H,4,9H2,1-3H3,(H,10,11)/t7-/m0/s1. The molecule has 0 fully saturated rings. The Hall–Kier alpha value is -0.545. The molecule has 0 aromatic rings. The number of carbonyl (C=O) groups is 1. The molecule has 0 aromatic heterocycles. The van der Waals surface area contributed by atoms with Crippen LogP contribution in [0, 0.1) is 5.92 Å². The van der Waals surface area contributed by atoms with Gasteiger partial charge in [-0.3, -0.25) is 4.79 Å². The van der Waals surface area contributed by atoms with Gasteiger partial charge in [0.15, 0.2) is 0 Å². The second-order valence-electron chi connectivity index (χ2n) is 3.19. The van der Waals surface area contributed by atoms with E-state index in [0.717, 1.165) is 0 Å². The van der Waals surface area contributed by atoms with Gasteiger partial charge in [0.2, 0.25) is 0 Å². The van der Waals surface area contributed by atoms with Crippen LogP contribution in [0.15, 0.2) is 0 Å². The maximum absolute atomic E-state index is 10.8. The van der Waals surface area contributed by atoms with E-state index < -0.39 is 11.3 Å². The summed E-state index contributed by atoms with van der Waals surface area (Å²) in [4.78, 5) is 10.8. The van der Waals surface area contributed by atoms with Crippen molar-refractivity contribution in [1.29, 1.82) is 0 Å². The van der Waals surface area contributed by atoms with Gasteiger partial charge in [-0.2, -0.15) is 0 Å². The quantitative estimate of drug-likeness (QED) is 0.466. The lowest BCUT2D eigenvalue weighted by Crippen LogP contribution is -2.34. The van der Waals surface area contributed by atoms with Crippen molar-refractivity contribution in [2.24, 2.45) is 11.7 Å². The molecule has 0 aliphatic rings. The Balaban J connectivity index is 4.29. The van der Waals surface area contributed by atoms with Gasteiger partial charge in [-0.1, -0.05) is 20.8 Å². The maximum atomic E-state index is 10.8. The molecule has 1 radical (unpaired) electrons. The highest BCUT2D eigenvalue weighted by Gasteiger charge is 2.38. The molecule has 0 aliphatic heterocycles. The predicted octanol–water partition coefficient (Wildman–Crippen LogP) is 0.458. The van der Waals surface area contributed by atoms with E-state index in [0.29, 0.717) is 0 Å². The van der Waals surface area contributed by atoms with Gasteiger partial charge < -0.3 is 15.5 Å². The largest absolute Gasteiger partial charge is 0.481 e. The highest BCUT2D eigenvalue weighted by molar-refractivity contribution is 6.40. The zero-order valence-electron chi connectivity index (χ0n) is 7.70. The minimum Gasteiger partial charge on any atom is -0.481 e. The van der Waals surface area contributed by atoms with Crippen molar-refractivity contribution in [3.8, 4) is 0 Å². The van der Waals surface area contributed by atoms with Crippen molar-refractivity contribution >= 4 is 13.5 Å². The molecule has 0 unspecified atom stereocenters. The fourth-order valence-electron chi connectivity index (χ4n) is 0.655. The molecule has 12 heavy (non-hydrogen) atoms. The fraction of sp³-hybridized carbons (Fsp3) is 0.857. The van der Waals surface area contributed by atoms with Crippen LogP contribution in [0.3, 0.4) is 0 Å². The lowest BCUT2D eigenvalue weighted by atomic mass is 9.58. The van der Waals surface area contributed by atoms with Crippen LogP contribution in [0.4, 0.5) is 0 Å². The summed E-state index contributed by atoms with van der Waals surface area (Å²) in [6.07, 6.45) is 0. The summed E-state index contributed by atoms with van der Waals surface area (Å²) in [7, 11) is 1.29. The monoisotopic (exact) mass is 172 g/mol. The Labute approximate surface area is 73.4 Å². The predicted molar refractivity (Wildman–Crippen MR) is 46.7 cm³/mol. The summed E-state index contributed by atoms with van der Waals surface area (Å²) in [5, 5.41) is 7.92. The number of carboxylic acids is 1. The summed E-state index contributed by atoms with van der Waals surface area (Å²) >= 11 is 0. The smallest absolute Gasteiger partial charge is 0.312 e. The van der Waals surface area contributed by atoms with Gasteiger partial charge in [-0.25, -0.2) is 0 Å². The van der Waals surface area contributed by atoms with Crippen LogP contribution in [0.2, 0.25) is 5.31 Å². The van der Waals surface area contributed by atoms with Crippen molar-refractivity contribution in [2.45, 2.75) is 26.1 Å². The lowest BCUT2D eigenvalue weighted by molar-refractivity contribution is -0.141. The molecule has 0 bridgehead atoms. The molecule has 4 nitrogen and oxygen atoms in total. The molecule has 0 heterocycles. The van der Waals surface area contributed by atoms with Crippen LogP contribution in [-0.4, -0.2) is 25.3 Å². The Morgan fingerprint density at radius 1 is 1.75 bits per heavy atom. The van der Waals surface area contributed by atoms with E-state index in [2.05, 4.69) is 0 Å². The van der Waals surface area contributed by atoms with Crippen molar-refractivity contribution in [3.05, 3.63) is 0 Å². The third kappa shape index (κ3) is 2.50. The number of hydrogen-bond donors (Lipinski definition) is 2. The third-order valence-electron chi connectivity index (χ3n) is 2.08. The maximum Gasteiger partial charge on any atom is 0.312 e. The molecule has 0 saturated heterocycles. The second kappa shape index (κ2) is 4.47. The molecule has 0 saturated carbocycles. The zero-order valence-corrected chi connectivity index (χ0v) is 7.70. The van der Waals surface area contributed by atoms with Gasteiger partial charge in [-0.05, 0) is 5.92 Å². The molecule has 3 N–H and O–H groups in total. The zero-order chi connectivity index (χ0) is 9.78. The lowest BCUT2D eigenvalue weighted by Gasteiger charge is -2.26. The first kappa shape index (κ1) is 11.5. The van der Waals surface area contributed by atoms with E-state index in [4.69, 9.17) is 15.5 Å². The van der Waals surface area contributed by atoms with Crippen LogP contribution >= 0.6 is 0 Å². The first-order chi connectivity index (χ1) is 5.45. The van der Waals surface area contributed by atoms with Crippen LogP contribution in [0.25, 0.3) is 0 Å². The van der Waals surface area contributed by atoms with Crippen LogP contribution in [0.1, 0.15) is 20.8 Å². The first-order valence-electron chi connectivity index (χ1n) is 3.84. The van der Waals surface area contributed by atoms with Gasteiger partial charge in [0.05, 0.1) is 12.0 Å². The Morgan fingerprint density at radius 3 is 2.50 bits per heavy atom. The number of aliphatic carboxylic acids is 1. The summed E-state index contributed by atoms with van der Waals surface area (Å²) in [6.45, 7) is 5.26. The van der Waals surface area contributed by atoms with E-state index in [1.807, 2.05) is 13.8 Å². The summed E-state index contributed by atoms with van der Waals surface area (Å²) in [5.74, 6) is -0.924. The number of carboxylic acid groups (broad SMARTS) is 1. The average molecular weight is 172 g/mol. The van der Waals surface area contributed by atoms with Crippen molar-refractivity contribution in [1.82, 2.24) is 0 Å². The minimum atomic E-state index is -0.959. The number of rotatable bonds is 5. The van der Waals surface area contributed by atoms with Crippen molar-refractivity contribution in [3.63, 3.8) is 0 Å². The van der Waals surface area contributed by atoms with E-state index >= 15 is 0 Å². The van der Waals surface area contributed by atoms with Crippen LogP contribution < -0.4 is 5.73 Å². The average Bonchev–Trinajstić information content (AvgIpc) is 1.99. The summed E-state index contributed by atoms with van der Waals surface area (Å²) < 4.78 is 4.79. The van der Waals surface area contributed by atoms with E-state index in [-0.39, 0.29) is 12.6 Å². The van der Waals surface area contributed by atoms with Gasteiger partial charge in [-0.15, -0.1) is 0 Å². The van der Waals surface area contributed by atoms with Crippen molar-refractivity contribution < 1.29 is 14.6 Å². The third-order valence-corrected chi connectivity index (χ3v) is 2.08. The Bertz CT molecular complexity index is 163. The summed E-state index contributed by atoms with van der Waals surface area (Å²) in [5.41, 5.74) is 5.09. The Morgan fingerprint density at radius 2 is 2.25 bits per heavy atom. The van der Waals surface area contributed by atoms with Gasteiger partial charge in [0.25, 0.3) is 0 Å². The number of hydrogen-bond acceptors (Lipinski definition) is 3. The molecular formula is C7H15BNO3. The Kier molecular flexibility index (Phi) is 4.27. The molecule has 0 spiro atoms. The first-order valence-corrected chi connectivity index (χ1v) is 3.84. The highest BCUT2D eigenvalue weighted by Crippen LogP contribution is 2.33. The summed E-state index contributed by atoms with van der Waals surface area (Å²) in [6, 6.07) is 0. The van der Waals surface area contributed by atoms with Gasteiger partial charge in [0.1, 0.15) is 0 Å². The highest BCUT2D eigenvalue weighted by atomic mass is 16.4. The molecule has 69 valence electrons. The fourth-order valence-corrected chi connectivity index (χ4v) is 0.655. The van der Waals surface area contributed by atoms with Gasteiger partial charge in [0, 0.05) is 0 Å².